The van der Waals surface area contributed by atoms with Gasteiger partial charge in [-0.15, -0.1) is 0 Å². The van der Waals surface area contributed by atoms with E-state index < -0.39 is 0 Å². The number of hydrogen-bond donors (Lipinski definition) is 2. The number of nitrogens with one attached hydrogen (secondary N) is 2. The van der Waals surface area contributed by atoms with Gasteiger partial charge in [0.25, 0.3) is 0 Å². The van der Waals surface area contributed by atoms with Gasteiger partial charge in [0.15, 0.2) is 5.78 Å². The molecule has 3 aromatic rings. The second kappa shape index (κ2) is 8.84. The Balaban J connectivity index is 1.49. The normalized spacial score (nSPS) is 13.4. The Bertz CT molecular complexity index is 1180. The Kier molecular flexibility index (Phi) is 5.62. The van der Waals surface area contributed by atoms with E-state index in [1.807, 2.05) is 60.7 Å². The van der Waals surface area contributed by atoms with Crippen LogP contribution in [0.5, 0.6) is 0 Å². The third-order valence-corrected chi connectivity index (χ3v) is 4.59. The number of ketones is 2. The fraction of sp³-hybridized carbons (Fsp3) is 0. The molecule has 0 bridgehead atoms. The number of hydrazone groups is 1. The highest BCUT2D eigenvalue weighted by molar-refractivity contribution is 6.25. The van der Waals surface area contributed by atoms with Crippen molar-refractivity contribution in [2.24, 2.45) is 5.10 Å². The first kappa shape index (κ1) is 19.1. The van der Waals surface area contributed by atoms with Crippen molar-refractivity contribution >= 4 is 35.2 Å². The zero-order chi connectivity index (χ0) is 20.8. The van der Waals surface area contributed by atoms with Crippen LogP contribution in [0.15, 0.2) is 102 Å². The molecule has 4 rings (SSSR count). The SMILES string of the molecule is O=C1C=C(Nc2ccccc2/C=C/C=N/Nc2ccccc2)C(=O)c2ccccc21. The van der Waals surface area contributed by atoms with Gasteiger partial charge in [-0.1, -0.05) is 66.7 Å². The number of allylic oxidation sites excluding steroid dienone is 3. The van der Waals surface area contributed by atoms with Gasteiger partial charge >= 0.3 is 0 Å². The van der Waals surface area contributed by atoms with Crippen LogP contribution in [0.2, 0.25) is 0 Å². The maximum Gasteiger partial charge on any atom is 0.210 e. The average molecular weight is 393 g/mol. The molecule has 5 nitrogen and oxygen atoms in total. The average Bonchev–Trinajstić information content (AvgIpc) is 2.79. The number of Topliss-reactive ketones (excluding diaryl/α,β-unsaturated/α-hetero) is 1. The lowest BCUT2D eigenvalue weighted by molar-refractivity contribution is 0.0985. The molecule has 5 heteroatoms. The smallest absolute Gasteiger partial charge is 0.210 e. The standard InChI is InChI=1S/C25H19N3O2/c29-24-17-23(25(30)21-14-6-5-13-20(21)24)27-22-15-7-4-9-18(22)10-8-16-26-28-19-11-2-1-3-12-19/h1-17,27-28H/b10-8+,26-16+. The molecular formula is C25H19N3O2. The molecule has 0 saturated carbocycles. The quantitative estimate of drug-likeness (QED) is 0.448. The molecule has 2 N–H and O–H groups in total. The van der Waals surface area contributed by atoms with Gasteiger partial charge in [0.1, 0.15) is 0 Å². The summed E-state index contributed by atoms with van der Waals surface area (Å²) in [6.45, 7) is 0. The van der Waals surface area contributed by atoms with E-state index in [9.17, 15) is 9.59 Å². The summed E-state index contributed by atoms with van der Waals surface area (Å²) in [6, 6.07) is 24.1. The van der Waals surface area contributed by atoms with Crippen LogP contribution in [0.25, 0.3) is 6.08 Å². The van der Waals surface area contributed by atoms with E-state index in [0.717, 1.165) is 16.9 Å². The van der Waals surface area contributed by atoms with Crippen molar-refractivity contribution in [1.29, 1.82) is 0 Å². The summed E-state index contributed by atoms with van der Waals surface area (Å²) in [5.74, 6) is -0.377. The van der Waals surface area contributed by atoms with E-state index in [0.29, 0.717) is 11.1 Å². The van der Waals surface area contributed by atoms with Crippen molar-refractivity contribution in [3.8, 4) is 0 Å². The molecule has 0 amide bonds. The topological polar surface area (TPSA) is 70.6 Å². The summed E-state index contributed by atoms with van der Waals surface area (Å²) in [4.78, 5) is 25.2. The minimum atomic E-state index is -0.197. The molecular weight excluding hydrogens is 374 g/mol. The maximum atomic E-state index is 12.8. The van der Waals surface area contributed by atoms with Gasteiger partial charge < -0.3 is 5.32 Å². The van der Waals surface area contributed by atoms with Gasteiger partial charge in [-0.3, -0.25) is 15.0 Å². The zero-order valence-corrected chi connectivity index (χ0v) is 16.1. The second-order valence-electron chi connectivity index (χ2n) is 6.62. The summed E-state index contributed by atoms with van der Waals surface area (Å²) >= 11 is 0. The molecule has 0 heterocycles. The van der Waals surface area contributed by atoms with E-state index in [1.54, 1.807) is 36.6 Å². The van der Waals surface area contributed by atoms with Crippen molar-refractivity contribution in [2.75, 3.05) is 10.7 Å². The summed E-state index contributed by atoms with van der Waals surface area (Å²) in [7, 11) is 0. The highest BCUT2D eigenvalue weighted by Crippen LogP contribution is 2.25. The highest BCUT2D eigenvalue weighted by atomic mass is 16.1. The van der Waals surface area contributed by atoms with Crippen molar-refractivity contribution in [3.63, 3.8) is 0 Å². The van der Waals surface area contributed by atoms with E-state index in [2.05, 4.69) is 15.8 Å². The third-order valence-electron chi connectivity index (χ3n) is 4.59. The molecule has 0 aliphatic heterocycles. The van der Waals surface area contributed by atoms with E-state index in [4.69, 9.17) is 0 Å². The molecule has 0 aromatic heterocycles. The molecule has 0 saturated heterocycles. The number of anilines is 2. The fourth-order valence-electron chi connectivity index (χ4n) is 3.12. The minimum absolute atomic E-state index is 0.181. The number of hydrogen-bond acceptors (Lipinski definition) is 5. The van der Waals surface area contributed by atoms with E-state index >= 15 is 0 Å². The molecule has 1 aliphatic carbocycles. The van der Waals surface area contributed by atoms with Gasteiger partial charge in [-0.2, -0.15) is 5.10 Å². The summed E-state index contributed by atoms with van der Waals surface area (Å²) in [5.41, 5.74) is 6.55. The Hall–Kier alpha value is -4.25. The van der Waals surface area contributed by atoms with E-state index in [1.165, 1.54) is 6.08 Å². The van der Waals surface area contributed by atoms with Crippen LogP contribution in [-0.2, 0) is 0 Å². The lowest BCUT2D eigenvalue weighted by Crippen LogP contribution is -2.21. The largest absolute Gasteiger partial charge is 0.352 e. The third kappa shape index (κ3) is 4.25. The molecule has 3 aromatic carbocycles. The first-order chi connectivity index (χ1) is 14.7. The first-order valence-corrected chi connectivity index (χ1v) is 9.49. The number of nitrogens with zero attached hydrogens (tertiary/aromatic N) is 1. The van der Waals surface area contributed by atoms with Crippen LogP contribution < -0.4 is 10.7 Å². The Morgan fingerprint density at radius 2 is 1.47 bits per heavy atom. The van der Waals surface area contributed by atoms with Crippen molar-refractivity contribution in [3.05, 3.63) is 113 Å². The van der Waals surface area contributed by atoms with Crippen molar-refractivity contribution < 1.29 is 9.59 Å². The lowest BCUT2D eigenvalue weighted by atomic mass is 9.92. The predicted molar refractivity (Wildman–Crippen MR) is 121 cm³/mol. The zero-order valence-electron chi connectivity index (χ0n) is 16.1. The number of rotatable bonds is 6. The molecule has 0 fully saturated rings. The fourth-order valence-corrected chi connectivity index (χ4v) is 3.12. The monoisotopic (exact) mass is 393 g/mol. The van der Waals surface area contributed by atoms with Crippen LogP contribution in [-0.4, -0.2) is 17.8 Å². The molecule has 146 valence electrons. The molecule has 0 atom stereocenters. The van der Waals surface area contributed by atoms with Crippen LogP contribution in [0.3, 0.4) is 0 Å². The van der Waals surface area contributed by atoms with Crippen LogP contribution in [0.4, 0.5) is 11.4 Å². The number of para-hydroxylation sites is 2. The number of benzene rings is 3. The molecule has 30 heavy (non-hydrogen) atoms. The highest BCUT2D eigenvalue weighted by Gasteiger charge is 2.25. The van der Waals surface area contributed by atoms with Crippen LogP contribution in [0.1, 0.15) is 26.3 Å². The van der Waals surface area contributed by atoms with Gasteiger partial charge in [-0.05, 0) is 29.8 Å². The number of fused-ring (bicyclic) bond motifs is 1. The van der Waals surface area contributed by atoms with Crippen molar-refractivity contribution in [2.45, 2.75) is 0 Å². The molecule has 0 unspecified atom stereocenters. The first-order valence-electron chi connectivity index (χ1n) is 9.49. The minimum Gasteiger partial charge on any atom is -0.352 e. The van der Waals surface area contributed by atoms with Crippen molar-refractivity contribution in [1.82, 2.24) is 0 Å². The van der Waals surface area contributed by atoms with Crippen LogP contribution >= 0.6 is 0 Å². The second-order valence-corrected chi connectivity index (χ2v) is 6.62. The molecule has 0 radical (unpaired) electrons. The summed E-state index contributed by atoms with van der Waals surface area (Å²) < 4.78 is 0. The predicted octanol–water partition coefficient (Wildman–Crippen LogP) is 5.17. The van der Waals surface area contributed by atoms with Gasteiger partial charge in [0.05, 0.1) is 11.4 Å². The van der Waals surface area contributed by atoms with E-state index in [-0.39, 0.29) is 17.3 Å². The van der Waals surface area contributed by atoms with Gasteiger partial charge in [0.2, 0.25) is 5.78 Å². The molecule has 1 aliphatic rings. The number of carbonyl (C=O) groups excluding carboxylic acids is 2. The Morgan fingerprint density at radius 1 is 0.767 bits per heavy atom. The molecule has 0 spiro atoms. The van der Waals surface area contributed by atoms with Crippen LogP contribution in [0, 0.1) is 0 Å². The maximum absolute atomic E-state index is 12.8. The Labute approximate surface area is 174 Å². The lowest BCUT2D eigenvalue weighted by Gasteiger charge is -2.17. The summed E-state index contributed by atoms with van der Waals surface area (Å²) in [6.07, 6.45) is 6.68. The number of carbonyl (C=O) groups is 2. The summed E-state index contributed by atoms with van der Waals surface area (Å²) in [5, 5.41) is 7.27. The Morgan fingerprint density at radius 3 is 2.30 bits per heavy atom. The van der Waals surface area contributed by atoms with Gasteiger partial charge in [-0.25, -0.2) is 0 Å². The van der Waals surface area contributed by atoms with Gasteiger partial charge in [0, 0.05) is 29.1 Å².